The second-order valence-corrected chi connectivity index (χ2v) is 28.0. The second-order valence-electron chi connectivity index (χ2n) is 28.0. The zero-order valence-corrected chi connectivity index (χ0v) is 53.7. The maximum Gasteiger partial charge on any atom is 0.343 e. The molecule has 0 fully saturated rings. The lowest BCUT2D eigenvalue weighted by atomic mass is 9.77. The van der Waals surface area contributed by atoms with Crippen LogP contribution in [-0.4, -0.2) is 54.5 Å². The molecule has 2 N–H and O–H groups in total. The van der Waals surface area contributed by atoms with Gasteiger partial charge in [0, 0.05) is 62.6 Å². The van der Waals surface area contributed by atoms with Crippen LogP contribution in [-0.2, 0) is 82.7 Å². The molecule has 8 bridgehead atoms. The van der Waals surface area contributed by atoms with E-state index in [4.69, 9.17) is 9.47 Å². The molecule has 0 saturated heterocycles. The van der Waals surface area contributed by atoms with Crippen LogP contribution >= 0.6 is 0 Å². The summed E-state index contributed by atoms with van der Waals surface area (Å²) in [5.74, 6) is -0.912. The highest BCUT2D eigenvalue weighted by atomic mass is 16.5. The van der Waals surface area contributed by atoms with E-state index < -0.39 is 22.8 Å². The fraction of sp³-hybridized carbons (Fsp3) is 0.432. The highest BCUT2D eigenvalue weighted by Crippen LogP contribution is 2.42. The van der Waals surface area contributed by atoms with Crippen LogP contribution in [0.15, 0.2) is 94.8 Å². The summed E-state index contributed by atoms with van der Waals surface area (Å²) in [7, 11) is 0. The first-order chi connectivity index (χ1) is 40.3. The summed E-state index contributed by atoms with van der Waals surface area (Å²) >= 11 is 0. The Labute approximate surface area is 507 Å². The quantitative estimate of drug-likeness (QED) is 0.0889. The molecule has 0 saturated carbocycles. The molecule has 8 aromatic rings. The number of aromatic hydroxyl groups is 2. The van der Waals surface area contributed by atoms with Crippen molar-refractivity contribution in [2.24, 2.45) is 0 Å². The number of carbonyl (C=O) groups is 2. The maximum absolute atomic E-state index is 13.9. The minimum absolute atomic E-state index is 0.0340. The van der Waals surface area contributed by atoms with E-state index in [9.17, 15) is 29.4 Å². The molecule has 1 aliphatic rings. The lowest BCUT2D eigenvalue weighted by Gasteiger charge is -2.28. The number of aryl methyl sites for hydroxylation is 4. The van der Waals surface area contributed by atoms with Gasteiger partial charge >= 0.3 is 11.9 Å². The van der Waals surface area contributed by atoms with Gasteiger partial charge in [-0.3, -0.25) is 9.59 Å². The van der Waals surface area contributed by atoms with E-state index in [0.717, 1.165) is 89.3 Å². The molecular weight excluding hydrogens is 1070 g/mol. The van der Waals surface area contributed by atoms with Gasteiger partial charge < -0.3 is 28.8 Å². The van der Waals surface area contributed by atoms with Gasteiger partial charge in [0.05, 0.1) is 24.0 Å². The van der Waals surface area contributed by atoms with E-state index in [1.54, 1.807) is 36.7 Å². The van der Waals surface area contributed by atoms with Gasteiger partial charge in [0.25, 0.3) is 0 Å². The van der Waals surface area contributed by atoms with E-state index >= 15 is 0 Å². The molecule has 12 nitrogen and oxygen atoms in total. The summed E-state index contributed by atoms with van der Waals surface area (Å²) in [6.07, 6.45) is 6.62. The lowest BCUT2D eigenvalue weighted by molar-refractivity contribution is 0.0489. The number of phenols is 2. The van der Waals surface area contributed by atoms with Crippen LogP contribution in [0.1, 0.15) is 220 Å². The maximum atomic E-state index is 13.9. The summed E-state index contributed by atoms with van der Waals surface area (Å²) in [6, 6.07) is 24.7. The molecule has 0 radical (unpaired) electrons. The number of hydrogen-bond acceptors (Lipinski definition) is 10. The van der Waals surface area contributed by atoms with Crippen LogP contribution in [0.25, 0.3) is 22.1 Å². The topological polar surface area (TPSA) is 163 Å². The first-order valence-electron chi connectivity index (χ1n) is 30.7. The van der Waals surface area contributed by atoms with E-state index in [0.29, 0.717) is 86.5 Å². The Morgan fingerprint density at radius 3 is 1.01 bits per heavy atom. The molecule has 12 heteroatoms. The van der Waals surface area contributed by atoms with Gasteiger partial charge in [-0.1, -0.05) is 132 Å². The number of rotatable bonds is 12. The first-order valence-corrected chi connectivity index (χ1v) is 30.7. The molecular formula is C74H88N4O8. The first kappa shape index (κ1) is 62.7. The third kappa shape index (κ3) is 13.2. The lowest BCUT2D eigenvalue weighted by Crippen LogP contribution is -2.22. The summed E-state index contributed by atoms with van der Waals surface area (Å²) in [4.78, 5) is 64.5. The fourth-order valence-corrected chi connectivity index (χ4v) is 12.0. The highest BCUT2D eigenvalue weighted by Gasteiger charge is 2.29. The Kier molecular flexibility index (Phi) is 17.6. The molecule has 4 heterocycles. The molecule has 452 valence electrons. The molecule has 0 unspecified atom stereocenters. The molecule has 4 aromatic carbocycles. The Morgan fingerprint density at radius 1 is 0.465 bits per heavy atom. The van der Waals surface area contributed by atoms with Gasteiger partial charge in [0.15, 0.2) is 0 Å². The van der Waals surface area contributed by atoms with Crippen molar-refractivity contribution in [3.05, 3.63) is 206 Å². The van der Waals surface area contributed by atoms with Crippen molar-refractivity contribution in [3.8, 4) is 11.5 Å². The zero-order valence-electron chi connectivity index (χ0n) is 53.7. The second kappa shape index (κ2) is 24.1. The predicted molar refractivity (Wildman–Crippen MR) is 345 cm³/mol. The fourth-order valence-electron chi connectivity index (χ4n) is 12.0. The normalized spacial score (nSPS) is 13.1. The van der Waals surface area contributed by atoms with Crippen molar-refractivity contribution in [3.63, 3.8) is 0 Å². The van der Waals surface area contributed by atoms with Crippen molar-refractivity contribution in [1.29, 1.82) is 0 Å². The average molecular weight is 1160 g/mol. The van der Waals surface area contributed by atoms with Gasteiger partial charge in [0.2, 0.25) is 10.9 Å². The standard InChI is InChI=1S/C74H88N4O8/c1-17-77-41-61(65(81)59-25-23-43(3)75-67(59)77)69(83)85-27-19-21-57-45-29-49-37-55(73(11,12)13)39-51(63(49)79)31-47-35-54(72(8,9)10)36-48(32-52-40-56(74(14,15)16)38-50(64(52)80)30-46(57)34-53(33-45)71(5,6)7)58(47)22-20-28-86-70(84)62-42-78(18-2)68-60(66(62)82)26-24-44(4)76-68/h23-26,33-42,79-80H,17-22,27-32H2,1-16H3. The van der Waals surface area contributed by atoms with Crippen molar-refractivity contribution < 1.29 is 29.3 Å². The average Bonchev–Trinajstić information content (AvgIpc) is 1.21. The van der Waals surface area contributed by atoms with Gasteiger partial charge in [-0.25, -0.2) is 19.6 Å². The Morgan fingerprint density at radius 2 is 0.744 bits per heavy atom. The third-order valence-electron chi connectivity index (χ3n) is 17.2. The van der Waals surface area contributed by atoms with Crippen LogP contribution in [0.3, 0.4) is 0 Å². The molecule has 0 aliphatic heterocycles. The van der Waals surface area contributed by atoms with Gasteiger partial charge in [-0.15, -0.1) is 0 Å². The van der Waals surface area contributed by atoms with E-state index in [2.05, 4.69) is 142 Å². The number of esters is 2. The molecule has 86 heavy (non-hydrogen) atoms. The van der Waals surface area contributed by atoms with Crippen LogP contribution in [0.5, 0.6) is 11.5 Å². The number of ether oxygens (including phenoxy) is 2. The Bertz CT molecular complexity index is 3740. The minimum Gasteiger partial charge on any atom is -0.507 e. The predicted octanol–water partition coefficient (Wildman–Crippen LogP) is 14.6. The van der Waals surface area contributed by atoms with E-state index in [1.807, 2.05) is 36.8 Å². The molecule has 4 aromatic heterocycles. The van der Waals surface area contributed by atoms with E-state index in [1.165, 1.54) is 0 Å². The van der Waals surface area contributed by atoms with Crippen LogP contribution < -0.4 is 10.9 Å². The van der Waals surface area contributed by atoms with Crippen molar-refractivity contribution in [1.82, 2.24) is 19.1 Å². The smallest absolute Gasteiger partial charge is 0.343 e. The Hall–Kier alpha value is -7.86. The number of nitrogens with zero attached hydrogens (tertiary/aromatic N) is 4. The summed E-state index contributed by atoms with van der Waals surface area (Å²) < 4.78 is 15.6. The van der Waals surface area contributed by atoms with Gasteiger partial charge in [0.1, 0.15) is 33.9 Å². The minimum atomic E-state index is -0.683. The molecule has 0 atom stereocenters. The van der Waals surface area contributed by atoms with Gasteiger partial charge in [-0.2, -0.15) is 0 Å². The largest absolute Gasteiger partial charge is 0.507 e. The number of phenolic OH excluding ortho intramolecular Hbond substituents is 2. The number of aromatic nitrogens is 4. The Balaban J connectivity index is 1.16. The third-order valence-corrected chi connectivity index (χ3v) is 17.2. The van der Waals surface area contributed by atoms with Crippen LogP contribution in [0.4, 0.5) is 0 Å². The number of carbonyl (C=O) groups excluding carboxylic acids is 2. The highest BCUT2D eigenvalue weighted by molar-refractivity contribution is 5.94. The molecule has 0 amide bonds. The number of fused-ring (bicyclic) bond motifs is 10. The molecule has 1 aliphatic carbocycles. The molecule has 9 rings (SSSR count). The molecule has 0 spiro atoms. The zero-order chi connectivity index (χ0) is 62.5. The van der Waals surface area contributed by atoms with Crippen LogP contribution in [0.2, 0.25) is 0 Å². The summed E-state index contributed by atoms with van der Waals surface area (Å²) in [5, 5.41) is 26.6. The van der Waals surface area contributed by atoms with Crippen molar-refractivity contribution >= 4 is 34.0 Å². The SMILES string of the molecule is CCn1cc(C(=O)OCCCc2c3cc(C(C)(C)C)cc2Cc2cc(C(C)(C)C)cc(c2O)Cc2cc(C(C)(C)C)cc(c2CCCOC(=O)c2cn(CC)c4nc(C)ccc4c2=O)Cc2cc(C(C)(C)C)cc(c2O)C3)c(=O)c2ccc(C)nc21. The van der Waals surface area contributed by atoms with Crippen molar-refractivity contribution in [2.75, 3.05) is 13.2 Å². The number of hydrogen-bond donors (Lipinski definition) is 2. The number of pyridine rings is 4. The summed E-state index contributed by atoms with van der Waals surface area (Å²) in [5.41, 5.74) is 14.4. The van der Waals surface area contributed by atoms with Gasteiger partial charge in [-0.05, 0) is 177 Å². The number of benzene rings is 4. The monoisotopic (exact) mass is 1160 g/mol. The van der Waals surface area contributed by atoms with E-state index in [-0.39, 0.29) is 57.5 Å². The van der Waals surface area contributed by atoms with Crippen LogP contribution in [0, 0.1) is 13.8 Å². The van der Waals surface area contributed by atoms with Crippen molar-refractivity contribution in [2.45, 2.75) is 197 Å². The summed E-state index contributed by atoms with van der Waals surface area (Å²) in [6.45, 7) is 35.2.